The normalized spacial score (nSPS) is 22.8. The van der Waals surface area contributed by atoms with Gasteiger partial charge < -0.3 is 0 Å². The van der Waals surface area contributed by atoms with Gasteiger partial charge in [0.15, 0.2) is 16.2 Å². The van der Waals surface area contributed by atoms with Crippen LogP contribution in [-0.2, 0) is 4.79 Å². The van der Waals surface area contributed by atoms with Crippen LogP contribution in [0.5, 0.6) is 0 Å². The molecule has 1 amide bonds. The molecule has 2 unspecified atom stereocenters. The van der Waals surface area contributed by atoms with E-state index in [-0.39, 0.29) is 5.91 Å². The molecular formula is C28H20Cl2N4OS. The molecule has 3 heterocycles. The van der Waals surface area contributed by atoms with Crippen LogP contribution in [-0.4, -0.2) is 27.6 Å². The smallest absolute Gasteiger partial charge is 0.254 e. The van der Waals surface area contributed by atoms with Crippen molar-refractivity contribution in [3.63, 3.8) is 0 Å². The van der Waals surface area contributed by atoms with E-state index in [1.165, 1.54) is 11.3 Å². The SMILES string of the molecule is CC1=NN(c2cccc(Cl)c2)C2(C1=C/C=C/c1ccccc1)C(Cl)C(=O)N2c1nc2ccccc2s1. The third-order valence-corrected chi connectivity index (χ3v) is 8.12. The summed E-state index contributed by atoms with van der Waals surface area (Å²) in [4.78, 5) is 19.9. The van der Waals surface area contributed by atoms with Crippen molar-refractivity contribution in [3.05, 3.63) is 107 Å². The molecule has 8 heteroatoms. The van der Waals surface area contributed by atoms with Crippen LogP contribution in [0.4, 0.5) is 10.8 Å². The van der Waals surface area contributed by atoms with Gasteiger partial charge in [-0.1, -0.05) is 89.7 Å². The Balaban J connectivity index is 1.53. The van der Waals surface area contributed by atoms with E-state index < -0.39 is 11.0 Å². The molecule has 1 aromatic heterocycles. The highest BCUT2D eigenvalue weighted by Gasteiger charge is 2.69. The van der Waals surface area contributed by atoms with Gasteiger partial charge in [-0.05, 0) is 42.8 Å². The first-order valence-electron chi connectivity index (χ1n) is 11.4. The number of allylic oxidation sites excluding steroid dienone is 2. The number of rotatable bonds is 4. The summed E-state index contributed by atoms with van der Waals surface area (Å²) in [5, 5.41) is 6.96. The molecule has 2 aliphatic rings. The van der Waals surface area contributed by atoms with Gasteiger partial charge in [-0.2, -0.15) is 5.10 Å². The number of anilines is 2. The minimum absolute atomic E-state index is 0.217. The Kier molecular flexibility index (Phi) is 5.67. The first kappa shape index (κ1) is 23.0. The highest BCUT2D eigenvalue weighted by molar-refractivity contribution is 7.22. The summed E-state index contributed by atoms with van der Waals surface area (Å²) in [5.74, 6) is -0.217. The Hall–Kier alpha value is -3.45. The molecule has 0 aliphatic carbocycles. The number of halogens is 2. The van der Waals surface area contributed by atoms with Gasteiger partial charge in [-0.3, -0.25) is 9.69 Å². The van der Waals surface area contributed by atoms with Gasteiger partial charge in [-0.25, -0.2) is 9.99 Å². The van der Waals surface area contributed by atoms with Gasteiger partial charge in [0.2, 0.25) is 0 Å². The molecule has 0 N–H and O–H groups in total. The average Bonchev–Trinajstić information content (AvgIpc) is 3.44. The summed E-state index contributed by atoms with van der Waals surface area (Å²) in [6.45, 7) is 1.93. The zero-order valence-electron chi connectivity index (χ0n) is 19.2. The monoisotopic (exact) mass is 530 g/mol. The zero-order valence-corrected chi connectivity index (χ0v) is 21.5. The molecule has 1 saturated heterocycles. The minimum atomic E-state index is -1.08. The number of alkyl halides is 1. The van der Waals surface area contributed by atoms with Crippen molar-refractivity contribution in [2.24, 2.45) is 5.10 Å². The summed E-state index contributed by atoms with van der Waals surface area (Å²) in [6.07, 6.45) is 5.97. The van der Waals surface area contributed by atoms with Gasteiger partial charge in [0, 0.05) is 10.6 Å². The fraction of sp³-hybridized carbons (Fsp3) is 0.107. The summed E-state index contributed by atoms with van der Waals surface area (Å²) in [6, 6.07) is 25.3. The van der Waals surface area contributed by atoms with E-state index in [0.717, 1.165) is 32.8 Å². The Labute approximate surface area is 222 Å². The number of fused-ring (bicyclic) bond motifs is 1. The molecule has 6 rings (SSSR count). The topological polar surface area (TPSA) is 48.8 Å². The standard InChI is InChI=1S/C28H20Cl2N4OS/c1-18-22(14-7-11-19-9-3-2-4-10-19)28(34(32-18)21-13-8-12-20(29)17-21)25(30)26(35)33(28)27-31-23-15-5-6-16-24(23)36-27/h2-17,25H,1H3/b11-7+,22-14?. The fourth-order valence-electron chi connectivity index (χ4n) is 4.74. The lowest BCUT2D eigenvalue weighted by molar-refractivity contribution is -0.125. The van der Waals surface area contributed by atoms with Gasteiger partial charge in [0.05, 0.1) is 21.6 Å². The predicted octanol–water partition coefficient (Wildman–Crippen LogP) is 7.14. The van der Waals surface area contributed by atoms with Crippen LogP contribution in [0, 0.1) is 0 Å². The molecule has 1 spiro atoms. The average molecular weight is 531 g/mol. The molecular weight excluding hydrogens is 511 g/mol. The van der Waals surface area contributed by atoms with E-state index in [9.17, 15) is 4.79 Å². The molecule has 1 fully saturated rings. The zero-order chi connectivity index (χ0) is 24.9. The highest BCUT2D eigenvalue weighted by atomic mass is 35.5. The summed E-state index contributed by atoms with van der Waals surface area (Å²) < 4.78 is 0.993. The first-order chi connectivity index (χ1) is 17.5. The molecule has 4 aromatic rings. The summed E-state index contributed by atoms with van der Waals surface area (Å²) in [5.41, 5.74) is 3.14. The third-order valence-electron chi connectivity index (χ3n) is 6.37. The Bertz CT molecular complexity index is 1550. The molecule has 178 valence electrons. The second-order valence-electron chi connectivity index (χ2n) is 8.55. The van der Waals surface area contributed by atoms with Crippen LogP contribution in [0.25, 0.3) is 16.3 Å². The van der Waals surface area contributed by atoms with Crippen LogP contribution in [0.2, 0.25) is 5.02 Å². The number of amides is 1. The second kappa shape index (κ2) is 8.89. The van der Waals surface area contributed by atoms with Crippen molar-refractivity contribution >= 4 is 73.3 Å². The number of β-lactam (4-membered cyclic amide) rings is 1. The molecule has 36 heavy (non-hydrogen) atoms. The van der Waals surface area contributed by atoms with Gasteiger partial charge >= 0.3 is 0 Å². The van der Waals surface area contributed by atoms with Crippen molar-refractivity contribution in [2.75, 3.05) is 9.91 Å². The van der Waals surface area contributed by atoms with E-state index in [0.29, 0.717) is 10.2 Å². The number of carbonyl (C=O) groups is 1. The van der Waals surface area contributed by atoms with Crippen molar-refractivity contribution in [1.29, 1.82) is 0 Å². The van der Waals surface area contributed by atoms with Crippen LogP contribution in [0.3, 0.4) is 0 Å². The van der Waals surface area contributed by atoms with Crippen LogP contribution in [0.1, 0.15) is 12.5 Å². The summed E-state index contributed by atoms with van der Waals surface area (Å²) >= 11 is 14.7. The maximum Gasteiger partial charge on any atom is 0.254 e. The van der Waals surface area contributed by atoms with Gasteiger partial charge in [0.25, 0.3) is 5.91 Å². The van der Waals surface area contributed by atoms with Crippen LogP contribution >= 0.6 is 34.5 Å². The quantitative estimate of drug-likeness (QED) is 0.208. The van der Waals surface area contributed by atoms with E-state index >= 15 is 0 Å². The number of hydrazone groups is 1. The van der Waals surface area contributed by atoms with Crippen molar-refractivity contribution in [2.45, 2.75) is 18.0 Å². The maximum absolute atomic E-state index is 13.4. The molecule has 0 radical (unpaired) electrons. The van der Waals surface area contributed by atoms with Gasteiger partial charge in [-0.15, -0.1) is 11.6 Å². The Morgan fingerprint density at radius 3 is 2.58 bits per heavy atom. The second-order valence-corrected chi connectivity index (χ2v) is 10.4. The maximum atomic E-state index is 13.4. The lowest BCUT2D eigenvalue weighted by atomic mass is 9.83. The predicted molar refractivity (Wildman–Crippen MR) is 150 cm³/mol. The minimum Gasteiger partial charge on any atom is -0.272 e. The molecule has 2 aliphatic heterocycles. The number of aromatic nitrogens is 1. The van der Waals surface area contributed by atoms with Crippen LogP contribution < -0.4 is 9.91 Å². The number of benzene rings is 3. The van der Waals surface area contributed by atoms with E-state index in [2.05, 4.69) is 0 Å². The van der Waals surface area contributed by atoms with Crippen molar-refractivity contribution in [3.8, 4) is 0 Å². The molecule has 2 atom stereocenters. The van der Waals surface area contributed by atoms with Gasteiger partial charge in [0.1, 0.15) is 0 Å². The lowest BCUT2D eigenvalue weighted by Crippen LogP contribution is -2.79. The lowest BCUT2D eigenvalue weighted by Gasteiger charge is -2.55. The van der Waals surface area contributed by atoms with E-state index in [4.69, 9.17) is 33.3 Å². The molecule has 0 saturated carbocycles. The van der Waals surface area contributed by atoms with Crippen molar-refractivity contribution < 1.29 is 4.79 Å². The van der Waals surface area contributed by atoms with Crippen molar-refractivity contribution in [1.82, 2.24) is 4.98 Å². The number of hydrogen-bond acceptors (Lipinski definition) is 5. The number of hydrogen-bond donors (Lipinski definition) is 0. The van der Waals surface area contributed by atoms with Crippen LogP contribution in [0.15, 0.2) is 102 Å². The molecule has 5 nitrogen and oxygen atoms in total. The van der Waals surface area contributed by atoms with E-state index in [1.807, 2.05) is 103 Å². The largest absolute Gasteiger partial charge is 0.272 e. The Morgan fingerprint density at radius 2 is 1.81 bits per heavy atom. The summed E-state index contributed by atoms with van der Waals surface area (Å²) in [7, 11) is 0. The number of carbonyl (C=O) groups excluding carboxylic acids is 1. The first-order valence-corrected chi connectivity index (χ1v) is 13.0. The molecule has 3 aromatic carbocycles. The number of nitrogens with zero attached hydrogens (tertiary/aromatic N) is 4. The number of thiazole rings is 1. The fourth-order valence-corrected chi connectivity index (χ4v) is 6.36. The highest BCUT2D eigenvalue weighted by Crippen LogP contribution is 2.53. The Morgan fingerprint density at radius 1 is 1.03 bits per heavy atom. The number of para-hydroxylation sites is 1. The molecule has 0 bridgehead atoms. The van der Waals surface area contributed by atoms with E-state index in [1.54, 1.807) is 11.0 Å². The third kappa shape index (κ3) is 3.48.